The second-order valence-electron chi connectivity index (χ2n) is 7.20. The number of anilines is 1. The van der Waals surface area contributed by atoms with Crippen LogP contribution in [0.25, 0.3) is 21.2 Å². The third-order valence-corrected chi connectivity index (χ3v) is 6.62. The standard InChI is InChI=1S/C24H16ClN3O3S/c1-14-18(25)9-10-20-21(14)27-24(32-20)28(12-15-6-4-5-11-26-15)23(30)17-13-31-19-8-3-2-7-16(19)22(17)29/h2-11,13H,12H2,1H3. The lowest BCUT2D eigenvalue weighted by atomic mass is 10.1. The molecular formula is C24H16ClN3O3S. The molecule has 0 bridgehead atoms. The van der Waals surface area contributed by atoms with Gasteiger partial charge >= 0.3 is 0 Å². The van der Waals surface area contributed by atoms with Gasteiger partial charge in [-0.3, -0.25) is 19.5 Å². The number of aryl methyl sites for hydroxylation is 1. The van der Waals surface area contributed by atoms with Crippen molar-refractivity contribution in [2.45, 2.75) is 13.5 Å². The van der Waals surface area contributed by atoms with Gasteiger partial charge in [-0.05, 0) is 48.9 Å². The van der Waals surface area contributed by atoms with Gasteiger partial charge in [0.1, 0.15) is 17.4 Å². The first-order valence-corrected chi connectivity index (χ1v) is 11.0. The van der Waals surface area contributed by atoms with E-state index < -0.39 is 5.91 Å². The fraction of sp³-hybridized carbons (Fsp3) is 0.0833. The minimum absolute atomic E-state index is 0.0614. The van der Waals surface area contributed by atoms with Crippen LogP contribution >= 0.6 is 22.9 Å². The average Bonchev–Trinajstić information content (AvgIpc) is 3.25. The molecule has 32 heavy (non-hydrogen) atoms. The molecule has 0 fully saturated rings. The highest BCUT2D eigenvalue weighted by Crippen LogP contribution is 2.34. The van der Waals surface area contributed by atoms with E-state index in [0.29, 0.717) is 26.8 Å². The number of halogens is 1. The average molecular weight is 462 g/mol. The molecule has 0 radical (unpaired) electrons. The zero-order chi connectivity index (χ0) is 22.2. The molecule has 0 aliphatic rings. The molecule has 1 amide bonds. The zero-order valence-electron chi connectivity index (χ0n) is 16.9. The van der Waals surface area contributed by atoms with Crippen molar-refractivity contribution in [3.05, 3.63) is 99.1 Å². The molecular weight excluding hydrogens is 446 g/mol. The summed E-state index contributed by atoms with van der Waals surface area (Å²) in [5.74, 6) is -0.502. The number of para-hydroxylation sites is 1. The number of nitrogens with zero attached hydrogens (tertiary/aromatic N) is 3. The monoisotopic (exact) mass is 461 g/mol. The highest BCUT2D eigenvalue weighted by atomic mass is 35.5. The van der Waals surface area contributed by atoms with Crippen LogP contribution in [0.3, 0.4) is 0 Å². The number of benzene rings is 2. The van der Waals surface area contributed by atoms with E-state index in [1.54, 1.807) is 36.5 Å². The minimum atomic E-state index is -0.502. The van der Waals surface area contributed by atoms with Crippen molar-refractivity contribution in [1.29, 1.82) is 0 Å². The van der Waals surface area contributed by atoms with Crippen molar-refractivity contribution in [3.63, 3.8) is 0 Å². The minimum Gasteiger partial charge on any atom is -0.463 e. The number of thiazole rings is 1. The smallest absolute Gasteiger partial charge is 0.267 e. The van der Waals surface area contributed by atoms with E-state index >= 15 is 0 Å². The summed E-state index contributed by atoms with van der Waals surface area (Å²) in [5.41, 5.74) is 2.21. The molecule has 0 N–H and O–H groups in total. The van der Waals surface area contributed by atoms with Gasteiger partial charge in [-0.2, -0.15) is 0 Å². The molecule has 3 heterocycles. The molecule has 8 heteroatoms. The lowest BCUT2D eigenvalue weighted by Crippen LogP contribution is -2.34. The van der Waals surface area contributed by atoms with Crippen LogP contribution in [0.2, 0.25) is 5.02 Å². The maximum Gasteiger partial charge on any atom is 0.267 e. The Kier molecular flexibility index (Phi) is 5.20. The van der Waals surface area contributed by atoms with Crippen LogP contribution in [0, 0.1) is 6.92 Å². The van der Waals surface area contributed by atoms with Crippen molar-refractivity contribution in [3.8, 4) is 0 Å². The Morgan fingerprint density at radius 2 is 1.94 bits per heavy atom. The highest BCUT2D eigenvalue weighted by molar-refractivity contribution is 7.22. The number of fused-ring (bicyclic) bond motifs is 2. The molecule has 5 aromatic rings. The maximum absolute atomic E-state index is 13.6. The van der Waals surface area contributed by atoms with Crippen LogP contribution in [-0.4, -0.2) is 15.9 Å². The van der Waals surface area contributed by atoms with E-state index in [-0.39, 0.29) is 17.5 Å². The molecule has 3 aromatic heterocycles. The van der Waals surface area contributed by atoms with Crippen molar-refractivity contribution in [2.24, 2.45) is 0 Å². The van der Waals surface area contributed by atoms with Gasteiger partial charge in [-0.25, -0.2) is 4.98 Å². The maximum atomic E-state index is 13.6. The summed E-state index contributed by atoms with van der Waals surface area (Å²) in [7, 11) is 0. The first-order valence-electron chi connectivity index (χ1n) is 9.81. The largest absolute Gasteiger partial charge is 0.463 e. The normalized spacial score (nSPS) is 11.2. The van der Waals surface area contributed by atoms with E-state index in [4.69, 9.17) is 16.0 Å². The zero-order valence-corrected chi connectivity index (χ0v) is 18.5. The van der Waals surface area contributed by atoms with E-state index in [0.717, 1.165) is 15.8 Å². The summed E-state index contributed by atoms with van der Waals surface area (Å²) in [6, 6.07) is 16.0. The van der Waals surface area contributed by atoms with Crippen LogP contribution in [-0.2, 0) is 6.54 Å². The van der Waals surface area contributed by atoms with Crippen molar-refractivity contribution >= 4 is 55.2 Å². The fourth-order valence-electron chi connectivity index (χ4n) is 3.46. The number of amides is 1. The summed E-state index contributed by atoms with van der Waals surface area (Å²) < 4.78 is 6.47. The summed E-state index contributed by atoms with van der Waals surface area (Å²) in [6.07, 6.45) is 2.87. The summed E-state index contributed by atoms with van der Waals surface area (Å²) >= 11 is 7.62. The number of aromatic nitrogens is 2. The molecule has 0 aliphatic carbocycles. The third kappa shape index (κ3) is 3.55. The Morgan fingerprint density at radius 3 is 2.75 bits per heavy atom. The molecule has 0 atom stereocenters. The Labute approximate surface area is 191 Å². The van der Waals surface area contributed by atoms with Crippen molar-refractivity contribution in [2.75, 3.05) is 4.90 Å². The lowest BCUT2D eigenvalue weighted by molar-refractivity contribution is 0.0982. The predicted octanol–water partition coefficient (Wildman–Crippen LogP) is 5.61. The van der Waals surface area contributed by atoms with Gasteiger partial charge < -0.3 is 4.42 Å². The van der Waals surface area contributed by atoms with Crippen LogP contribution in [0.1, 0.15) is 21.6 Å². The van der Waals surface area contributed by atoms with Gasteiger partial charge in [0.15, 0.2) is 5.13 Å². The molecule has 6 nitrogen and oxygen atoms in total. The van der Waals surface area contributed by atoms with Gasteiger partial charge in [0.05, 0.1) is 27.8 Å². The second kappa shape index (κ2) is 8.18. The Balaban J connectivity index is 1.65. The number of carbonyl (C=O) groups is 1. The molecule has 5 rings (SSSR count). The molecule has 0 saturated carbocycles. The number of pyridine rings is 1. The van der Waals surface area contributed by atoms with Crippen molar-refractivity contribution < 1.29 is 9.21 Å². The van der Waals surface area contributed by atoms with Crippen molar-refractivity contribution in [1.82, 2.24) is 9.97 Å². The molecule has 158 valence electrons. The molecule has 0 saturated heterocycles. The van der Waals surface area contributed by atoms with E-state index in [1.165, 1.54) is 22.5 Å². The third-order valence-electron chi connectivity index (χ3n) is 5.17. The Bertz CT molecular complexity index is 1530. The topological polar surface area (TPSA) is 76.3 Å². The van der Waals surface area contributed by atoms with Gasteiger partial charge in [0.25, 0.3) is 5.91 Å². The van der Waals surface area contributed by atoms with Crippen LogP contribution in [0.15, 0.2) is 76.3 Å². The van der Waals surface area contributed by atoms with Gasteiger partial charge in [0, 0.05) is 11.2 Å². The molecule has 2 aromatic carbocycles. The summed E-state index contributed by atoms with van der Waals surface area (Å²) in [5, 5.41) is 1.41. The number of rotatable bonds is 4. The summed E-state index contributed by atoms with van der Waals surface area (Å²) in [4.78, 5) is 37.2. The van der Waals surface area contributed by atoms with Gasteiger partial charge in [-0.1, -0.05) is 41.1 Å². The first kappa shape index (κ1) is 20.4. The van der Waals surface area contributed by atoms with Crippen LogP contribution < -0.4 is 10.3 Å². The van der Waals surface area contributed by atoms with Crippen LogP contribution in [0.4, 0.5) is 5.13 Å². The van der Waals surface area contributed by atoms with Crippen LogP contribution in [0.5, 0.6) is 0 Å². The predicted molar refractivity (Wildman–Crippen MR) is 127 cm³/mol. The van der Waals surface area contributed by atoms with Gasteiger partial charge in [-0.15, -0.1) is 0 Å². The SMILES string of the molecule is Cc1c(Cl)ccc2sc(N(Cc3ccccn3)C(=O)c3coc4ccccc4c3=O)nc12. The molecule has 0 spiro atoms. The first-order chi connectivity index (χ1) is 15.5. The van der Waals surface area contributed by atoms with Gasteiger partial charge in [0.2, 0.25) is 5.43 Å². The van der Waals surface area contributed by atoms with E-state index in [9.17, 15) is 9.59 Å². The lowest BCUT2D eigenvalue weighted by Gasteiger charge is -2.19. The number of hydrogen-bond donors (Lipinski definition) is 0. The van der Waals surface area contributed by atoms with E-state index in [1.807, 2.05) is 31.2 Å². The Hall–Kier alpha value is -3.55. The van der Waals surface area contributed by atoms with E-state index in [2.05, 4.69) is 9.97 Å². The fourth-order valence-corrected chi connectivity index (χ4v) is 4.63. The quantitative estimate of drug-likeness (QED) is 0.348. The highest BCUT2D eigenvalue weighted by Gasteiger charge is 2.26. The molecule has 0 aliphatic heterocycles. The number of hydrogen-bond acceptors (Lipinski definition) is 6. The number of carbonyl (C=O) groups excluding carboxylic acids is 1. The Morgan fingerprint density at radius 1 is 1.12 bits per heavy atom. The molecule has 0 unspecified atom stereocenters. The summed E-state index contributed by atoms with van der Waals surface area (Å²) in [6.45, 7) is 2.04. The second-order valence-corrected chi connectivity index (χ2v) is 8.62.